The molecule has 0 saturated carbocycles. The molecule has 0 aromatic heterocycles. The van der Waals surface area contributed by atoms with Crippen LogP contribution in [-0.4, -0.2) is 13.4 Å². The summed E-state index contributed by atoms with van der Waals surface area (Å²) in [5.74, 6) is -0.0796. The molecule has 0 aliphatic heterocycles. The lowest BCUT2D eigenvalue weighted by molar-refractivity contribution is 0.382. The van der Waals surface area contributed by atoms with Gasteiger partial charge in [0.25, 0.3) is 0 Å². The van der Waals surface area contributed by atoms with Crippen LogP contribution < -0.4 is 4.74 Å². The third-order valence-corrected chi connectivity index (χ3v) is 3.27. The monoisotopic (exact) mass is 250 g/mol. The number of hydrogen-bond acceptors (Lipinski definition) is 2. The highest BCUT2D eigenvalue weighted by Gasteiger charge is 2.10. The molecule has 12 heavy (non-hydrogen) atoms. The molecule has 0 radical (unpaired) electrons. The van der Waals surface area contributed by atoms with Gasteiger partial charge in [-0.25, -0.2) is 4.39 Å². The average Bonchev–Trinajstić information content (AvgIpc) is 2.06. The summed E-state index contributed by atoms with van der Waals surface area (Å²) in [4.78, 5) is 0.966. The molecule has 4 heteroatoms. The highest BCUT2D eigenvalue weighted by molar-refractivity contribution is 9.10. The number of ether oxygens (including phenoxy) is 1. The normalized spacial score (nSPS) is 10.0. The molecule has 0 aliphatic carbocycles. The van der Waals surface area contributed by atoms with Crippen LogP contribution >= 0.6 is 27.7 Å². The number of benzene rings is 1. The highest BCUT2D eigenvalue weighted by Crippen LogP contribution is 2.35. The van der Waals surface area contributed by atoms with Gasteiger partial charge in [0.1, 0.15) is 0 Å². The first-order chi connectivity index (χ1) is 5.70. The summed E-state index contributed by atoms with van der Waals surface area (Å²) in [5, 5.41) is 0. The van der Waals surface area contributed by atoms with Crippen molar-refractivity contribution in [1.29, 1.82) is 0 Å². The molecule has 1 aromatic carbocycles. The van der Waals surface area contributed by atoms with E-state index < -0.39 is 0 Å². The largest absolute Gasteiger partial charge is 0.492 e. The van der Waals surface area contributed by atoms with Crippen LogP contribution in [0, 0.1) is 5.82 Å². The van der Waals surface area contributed by atoms with Crippen molar-refractivity contribution in [3.05, 3.63) is 22.4 Å². The fraction of sp³-hybridized carbons (Fsp3) is 0.250. The van der Waals surface area contributed by atoms with Crippen LogP contribution in [0.3, 0.4) is 0 Å². The van der Waals surface area contributed by atoms with E-state index in [1.807, 2.05) is 6.26 Å². The topological polar surface area (TPSA) is 9.23 Å². The Morgan fingerprint density at radius 2 is 2.17 bits per heavy atom. The molecular formula is C8H8BrFOS. The van der Waals surface area contributed by atoms with Crippen LogP contribution in [0.5, 0.6) is 5.75 Å². The minimum atomic E-state index is -0.345. The van der Waals surface area contributed by atoms with Crippen molar-refractivity contribution in [3.8, 4) is 5.75 Å². The number of methoxy groups -OCH3 is 1. The predicted molar refractivity (Wildman–Crippen MR) is 52.4 cm³/mol. The number of rotatable bonds is 2. The third kappa shape index (κ3) is 1.75. The van der Waals surface area contributed by atoms with Gasteiger partial charge in [-0.1, -0.05) is 0 Å². The Morgan fingerprint density at radius 1 is 1.50 bits per heavy atom. The molecule has 0 heterocycles. The molecular weight excluding hydrogens is 243 g/mol. The van der Waals surface area contributed by atoms with E-state index in [-0.39, 0.29) is 11.6 Å². The van der Waals surface area contributed by atoms with Crippen LogP contribution in [-0.2, 0) is 0 Å². The summed E-state index contributed by atoms with van der Waals surface area (Å²) in [6.45, 7) is 0. The van der Waals surface area contributed by atoms with E-state index in [1.54, 1.807) is 17.8 Å². The van der Waals surface area contributed by atoms with Gasteiger partial charge in [-0.2, -0.15) is 0 Å². The standard InChI is InChI=1S/C8H8BrFOS/c1-11-8-5(10)3-4-6(12-2)7(8)9/h3-4H,1-2H3. The lowest BCUT2D eigenvalue weighted by atomic mass is 10.3. The molecule has 0 saturated heterocycles. The van der Waals surface area contributed by atoms with Crippen molar-refractivity contribution in [2.75, 3.05) is 13.4 Å². The number of thioether (sulfide) groups is 1. The fourth-order valence-corrected chi connectivity index (χ4v) is 2.30. The van der Waals surface area contributed by atoms with Crippen LogP contribution in [0.1, 0.15) is 0 Å². The Hall–Kier alpha value is -0.220. The van der Waals surface area contributed by atoms with Gasteiger partial charge in [-0.15, -0.1) is 11.8 Å². The van der Waals surface area contributed by atoms with Crippen molar-refractivity contribution >= 4 is 27.7 Å². The van der Waals surface area contributed by atoms with E-state index in [0.717, 1.165) is 4.90 Å². The van der Waals surface area contributed by atoms with Crippen molar-refractivity contribution in [1.82, 2.24) is 0 Å². The van der Waals surface area contributed by atoms with Gasteiger partial charge < -0.3 is 4.74 Å². The molecule has 0 unspecified atom stereocenters. The quantitative estimate of drug-likeness (QED) is 0.745. The number of hydrogen-bond donors (Lipinski definition) is 0. The summed E-state index contributed by atoms with van der Waals surface area (Å²) in [5.41, 5.74) is 0. The molecule has 1 nitrogen and oxygen atoms in total. The van der Waals surface area contributed by atoms with E-state index >= 15 is 0 Å². The zero-order valence-electron chi connectivity index (χ0n) is 6.73. The summed E-state index contributed by atoms with van der Waals surface area (Å²) >= 11 is 4.81. The van der Waals surface area contributed by atoms with Gasteiger partial charge in [0.2, 0.25) is 0 Å². The zero-order valence-corrected chi connectivity index (χ0v) is 9.13. The van der Waals surface area contributed by atoms with Gasteiger partial charge in [0.05, 0.1) is 11.6 Å². The summed E-state index contributed by atoms with van der Waals surface area (Å²) in [7, 11) is 1.45. The molecule has 0 atom stereocenters. The van der Waals surface area contributed by atoms with Crippen molar-refractivity contribution in [3.63, 3.8) is 0 Å². The maximum absolute atomic E-state index is 13.0. The maximum atomic E-state index is 13.0. The summed E-state index contributed by atoms with van der Waals surface area (Å²) in [6, 6.07) is 3.11. The zero-order chi connectivity index (χ0) is 9.14. The minimum absolute atomic E-state index is 0.266. The molecule has 0 bridgehead atoms. The Balaban J connectivity index is 3.24. The lowest BCUT2D eigenvalue weighted by Crippen LogP contribution is -1.90. The lowest BCUT2D eigenvalue weighted by Gasteiger charge is -2.07. The van der Waals surface area contributed by atoms with Crippen molar-refractivity contribution in [2.24, 2.45) is 0 Å². The average molecular weight is 251 g/mol. The van der Waals surface area contributed by atoms with Crippen molar-refractivity contribution in [2.45, 2.75) is 4.90 Å². The highest BCUT2D eigenvalue weighted by atomic mass is 79.9. The van der Waals surface area contributed by atoms with Crippen LogP contribution in [0.25, 0.3) is 0 Å². The van der Waals surface area contributed by atoms with E-state index in [2.05, 4.69) is 15.9 Å². The van der Waals surface area contributed by atoms with Crippen LogP contribution in [0.15, 0.2) is 21.5 Å². The second-order valence-electron chi connectivity index (χ2n) is 2.10. The first-order valence-electron chi connectivity index (χ1n) is 3.26. The van der Waals surface area contributed by atoms with Gasteiger partial charge in [0, 0.05) is 4.90 Å². The summed E-state index contributed by atoms with van der Waals surface area (Å²) in [6.07, 6.45) is 1.93. The SMILES string of the molecule is COc1c(F)ccc(SC)c1Br. The summed E-state index contributed by atoms with van der Waals surface area (Å²) < 4.78 is 18.6. The Bertz CT molecular complexity index is 291. The molecule has 0 aliphatic rings. The molecule has 0 spiro atoms. The predicted octanol–water partition coefficient (Wildman–Crippen LogP) is 3.32. The van der Waals surface area contributed by atoms with Gasteiger partial charge >= 0.3 is 0 Å². The molecule has 1 aromatic rings. The Labute approximate surface area is 83.4 Å². The van der Waals surface area contributed by atoms with Gasteiger partial charge in [0.15, 0.2) is 11.6 Å². The first kappa shape index (κ1) is 9.86. The third-order valence-electron chi connectivity index (χ3n) is 1.44. The van der Waals surface area contributed by atoms with Gasteiger partial charge in [-0.3, -0.25) is 0 Å². The molecule has 0 amide bonds. The van der Waals surface area contributed by atoms with Crippen LogP contribution in [0.4, 0.5) is 4.39 Å². The first-order valence-corrected chi connectivity index (χ1v) is 5.28. The van der Waals surface area contributed by atoms with E-state index in [1.165, 1.54) is 13.2 Å². The second kappa shape index (κ2) is 4.14. The van der Waals surface area contributed by atoms with E-state index in [4.69, 9.17) is 4.74 Å². The molecule has 1 rings (SSSR count). The number of halogens is 2. The van der Waals surface area contributed by atoms with Crippen LogP contribution in [0.2, 0.25) is 0 Å². The maximum Gasteiger partial charge on any atom is 0.169 e. The van der Waals surface area contributed by atoms with E-state index in [9.17, 15) is 4.39 Å². The fourth-order valence-electron chi connectivity index (χ4n) is 0.859. The smallest absolute Gasteiger partial charge is 0.169 e. The molecule has 66 valence electrons. The minimum Gasteiger partial charge on any atom is -0.492 e. The second-order valence-corrected chi connectivity index (χ2v) is 3.74. The van der Waals surface area contributed by atoms with Crippen molar-refractivity contribution < 1.29 is 9.13 Å². The Kier molecular flexibility index (Phi) is 3.40. The molecule has 0 N–H and O–H groups in total. The van der Waals surface area contributed by atoms with Gasteiger partial charge in [-0.05, 0) is 34.3 Å². The Morgan fingerprint density at radius 3 is 2.67 bits per heavy atom. The van der Waals surface area contributed by atoms with E-state index in [0.29, 0.717) is 4.47 Å². The molecule has 0 fully saturated rings.